The Morgan fingerprint density at radius 1 is 1.42 bits per heavy atom. The zero-order valence-corrected chi connectivity index (χ0v) is 11.6. The predicted octanol–water partition coefficient (Wildman–Crippen LogP) is 1.79. The first-order valence-corrected chi connectivity index (χ1v) is 6.80. The summed E-state index contributed by atoms with van der Waals surface area (Å²) in [6.07, 6.45) is 4.91. The van der Waals surface area contributed by atoms with Crippen LogP contribution in [0.5, 0.6) is 0 Å². The van der Waals surface area contributed by atoms with Gasteiger partial charge in [-0.1, -0.05) is 6.42 Å². The van der Waals surface area contributed by atoms with Gasteiger partial charge in [0.2, 0.25) is 5.91 Å². The highest BCUT2D eigenvalue weighted by Gasteiger charge is 2.25. The maximum atomic E-state index is 11.8. The lowest BCUT2D eigenvalue weighted by Crippen LogP contribution is -2.28. The summed E-state index contributed by atoms with van der Waals surface area (Å²) >= 11 is 0. The minimum atomic E-state index is 0.126. The molecule has 0 bridgehead atoms. The molecule has 0 saturated heterocycles. The molecule has 0 aromatic carbocycles. The van der Waals surface area contributed by atoms with E-state index in [2.05, 4.69) is 20.5 Å². The molecule has 1 fully saturated rings. The number of likely N-dealkylation sites (N-methyl/N-ethyl adjacent to an activating group) is 1. The van der Waals surface area contributed by atoms with Crippen LogP contribution in [-0.2, 0) is 4.79 Å². The van der Waals surface area contributed by atoms with E-state index < -0.39 is 0 Å². The van der Waals surface area contributed by atoms with Gasteiger partial charge in [0.15, 0.2) is 0 Å². The van der Waals surface area contributed by atoms with E-state index in [1.807, 2.05) is 26.2 Å². The minimum Gasteiger partial charge on any atom is -0.369 e. The molecular formula is C14H22N4O. The Bertz CT molecular complexity index is 412. The summed E-state index contributed by atoms with van der Waals surface area (Å²) in [6.45, 7) is 1.82. The Balaban J connectivity index is 1.78. The van der Waals surface area contributed by atoms with Gasteiger partial charge in [-0.05, 0) is 39.1 Å². The minimum absolute atomic E-state index is 0.126. The van der Waals surface area contributed by atoms with Crippen LogP contribution in [0.25, 0.3) is 0 Å². The number of rotatable bonds is 6. The maximum Gasteiger partial charge on any atom is 0.227 e. The highest BCUT2D eigenvalue weighted by atomic mass is 16.1. The molecule has 0 aliphatic heterocycles. The zero-order valence-electron chi connectivity index (χ0n) is 11.6. The fraction of sp³-hybridized carbons (Fsp3) is 0.571. The van der Waals surface area contributed by atoms with E-state index >= 15 is 0 Å². The summed E-state index contributed by atoms with van der Waals surface area (Å²) < 4.78 is 0. The summed E-state index contributed by atoms with van der Waals surface area (Å²) in [5.41, 5.74) is 0.773. The number of amides is 1. The van der Waals surface area contributed by atoms with Crippen molar-refractivity contribution in [3.63, 3.8) is 0 Å². The molecule has 0 spiro atoms. The van der Waals surface area contributed by atoms with E-state index in [4.69, 9.17) is 0 Å². The number of carbonyl (C=O) groups is 1. The molecule has 5 nitrogen and oxygen atoms in total. The molecular weight excluding hydrogens is 240 g/mol. The fourth-order valence-electron chi connectivity index (χ4n) is 1.89. The Morgan fingerprint density at radius 3 is 2.74 bits per heavy atom. The molecule has 5 heteroatoms. The summed E-state index contributed by atoms with van der Waals surface area (Å²) in [4.78, 5) is 18.2. The molecule has 0 unspecified atom stereocenters. The van der Waals surface area contributed by atoms with E-state index in [1.165, 1.54) is 6.42 Å². The van der Waals surface area contributed by atoms with E-state index in [0.717, 1.165) is 37.4 Å². The molecule has 1 saturated carbocycles. The molecule has 2 rings (SSSR count). The van der Waals surface area contributed by atoms with Gasteiger partial charge in [0.25, 0.3) is 0 Å². The van der Waals surface area contributed by atoms with Crippen LogP contribution in [0, 0.1) is 5.92 Å². The summed E-state index contributed by atoms with van der Waals surface area (Å²) in [7, 11) is 4.07. The van der Waals surface area contributed by atoms with E-state index in [-0.39, 0.29) is 11.8 Å². The first-order chi connectivity index (χ1) is 9.15. The SMILES string of the molecule is CN(C)CCNc1ccc(NC(=O)C2CCC2)cn1. The lowest BCUT2D eigenvalue weighted by atomic mass is 9.85. The Labute approximate surface area is 114 Å². The second kappa shape index (κ2) is 6.52. The predicted molar refractivity (Wildman–Crippen MR) is 77.3 cm³/mol. The van der Waals surface area contributed by atoms with E-state index in [9.17, 15) is 4.79 Å². The van der Waals surface area contributed by atoms with Crippen molar-refractivity contribution in [2.75, 3.05) is 37.8 Å². The number of pyridine rings is 1. The quantitative estimate of drug-likeness (QED) is 0.820. The zero-order chi connectivity index (χ0) is 13.7. The van der Waals surface area contributed by atoms with Gasteiger partial charge in [-0.2, -0.15) is 0 Å². The molecule has 19 heavy (non-hydrogen) atoms. The summed E-state index contributed by atoms with van der Waals surface area (Å²) in [5.74, 6) is 1.17. The molecule has 1 aliphatic carbocycles. The van der Waals surface area contributed by atoms with Crippen LogP contribution in [0.1, 0.15) is 19.3 Å². The first-order valence-electron chi connectivity index (χ1n) is 6.80. The van der Waals surface area contributed by atoms with Crippen molar-refractivity contribution < 1.29 is 4.79 Å². The van der Waals surface area contributed by atoms with Gasteiger partial charge in [-0.25, -0.2) is 4.98 Å². The van der Waals surface area contributed by atoms with Crippen LogP contribution in [0.3, 0.4) is 0 Å². The molecule has 0 atom stereocenters. The van der Waals surface area contributed by atoms with Crippen LogP contribution in [-0.4, -0.2) is 43.0 Å². The van der Waals surface area contributed by atoms with Crippen molar-refractivity contribution in [1.29, 1.82) is 0 Å². The van der Waals surface area contributed by atoms with Gasteiger partial charge in [0.05, 0.1) is 11.9 Å². The van der Waals surface area contributed by atoms with Crippen LogP contribution < -0.4 is 10.6 Å². The van der Waals surface area contributed by atoms with E-state index in [1.54, 1.807) is 6.20 Å². The van der Waals surface area contributed by atoms with Crippen LogP contribution in [0.4, 0.5) is 11.5 Å². The highest BCUT2D eigenvalue weighted by Crippen LogP contribution is 2.27. The summed E-state index contributed by atoms with van der Waals surface area (Å²) in [5, 5.41) is 6.14. The normalized spacial score (nSPS) is 15.1. The third-order valence-corrected chi connectivity index (χ3v) is 3.37. The lowest BCUT2D eigenvalue weighted by Gasteiger charge is -2.23. The smallest absolute Gasteiger partial charge is 0.227 e. The Hall–Kier alpha value is -1.62. The van der Waals surface area contributed by atoms with E-state index in [0.29, 0.717) is 0 Å². The topological polar surface area (TPSA) is 57.3 Å². The second-order valence-electron chi connectivity index (χ2n) is 5.28. The van der Waals surface area contributed by atoms with Gasteiger partial charge >= 0.3 is 0 Å². The Morgan fingerprint density at radius 2 is 2.21 bits per heavy atom. The van der Waals surface area contributed by atoms with Crippen LogP contribution in [0.15, 0.2) is 18.3 Å². The van der Waals surface area contributed by atoms with Gasteiger partial charge in [0.1, 0.15) is 5.82 Å². The molecule has 0 radical (unpaired) electrons. The van der Waals surface area contributed by atoms with Crippen molar-refractivity contribution in [1.82, 2.24) is 9.88 Å². The van der Waals surface area contributed by atoms with Crippen molar-refractivity contribution in [2.45, 2.75) is 19.3 Å². The lowest BCUT2D eigenvalue weighted by molar-refractivity contribution is -0.122. The third-order valence-electron chi connectivity index (χ3n) is 3.37. The molecule has 1 aromatic rings. The van der Waals surface area contributed by atoms with Gasteiger partial charge < -0.3 is 15.5 Å². The van der Waals surface area contributed by atoms with Gasteiger partial charge in [-0.15, -0.1) is 0 Å². The van der Waals surface area contributed by atoms with Crippen molar-refractivity contribution in [3.05, 3.63) is 18.3 Å². The molecule has 1 aromatic heterocycles. The average molecular weight is 262 g/mol. The number of aromatic nitrogens is 1. The Kier molecular flexibility index (Phi) is 4.74. The highest BCUT2D eigenvalue weighted by molar-refractivity contribution is 5.92. The number of nitrogens with one attached hydrogen (secondary N) is 2. The second-order valence-corrected chi connectivity index (χ2v) is 5.28. The molecule has 1 amide bonds. The number of hydrogen-bond donors (Lipinski definition) is 2. The molecule has 1 aliphatic rings. The van der Waals surface area contributed by atoms with Crippen LogP contribution in [0.2, 0.25) is 0 Å². The average Bonchev–Trinajstić information content (AvgIpc) is 2.28. The first kappa shape index (κ1) is 13.8. The number of hydrogen-bond acceptors (Lipinski definition) is 4. The summed E-state index contributed by atoms with van der Waals surface area (Å²) in [6, 6.07) is 3.79. The molecule has 104 valence electrons. The fourth-order valence-corrected chi connectivity index (χ4v) is 1.89. The van der Waals surface area contributed by atoms with Crippen molar-refractivity contribution in [2.24, 2.45) is 5.92 Å². The molecule has 1 heterocycles. The standard InChI is InChI=1S/C14H22N4O/c1-18(2)9-8-15-13-7-6-12(10-16-13)17-14(19)11-4-3-5-11/h6-7,10-11H,3-5,8-9H2,1-2H3,(H,15,16)(H,17,19). The van der Waals surface area contributed by atoms with Crippen molar-refractivity contribution in [3.8, 4) is 0 Å². The molecule has 2 N–H and O–H groups in total. The van der Waals surface area contributed by atoms with Gasteiger partial charge in [0, 0.05) is 19.0 Å². The third kappa shape index (κ3) is 4.21. The maximum absolute atomic E-state index is 11.8. The number of carbonyl (C=O) groups excluding carboxylic acids is 1. The van der Waals surface area contributed by atoms with Crippen molar-refractivity contribution >= 4 is 17.4 Å². The number of nitrogens with zero attached hydrogens (tertiary/aromatic N) is 2. The largest absolute Gasteiger partial charge is 0.369 e. The monoisotopic (exact) mass is 262 g/mol. The van der Waals surface area contributed by atoms with Gasteiger partial charge in [-0.3, -0.25) is 4.79 Å². The number of anilines is 2. The van der Waals surface area contributed by atoms with Crippen LogP contribution >= 0.6 is 0 Å².